The Morgan fingerprint density at radius 2 is 2.04 bits per heavy atom. The number of anilines is 1. The average Bonchev–Trinajstić information content (AvgIpc) is 2.50. The van der Waals surface area contributed by atoms with Gasteiger partial charge in [-0.05, 0) is 65.5 Å². The molecule has 1 atom stereocenters. The van der Waals surface area contributed by atoms with Crippen LogP contribution in [0.1, 0.15) is 70.9 Å². The molecular formula is C19H29N3O2. The summed E-state index contributed by atoms with van der Waals surface area (Å²) in [6.45, 7) is 6.75. The zero-order chi connectivity index (χ0) is 17.2. The number of pyridine rings is 1. The molecule has 2 fully saturated rings. The Morgan fingerprint density at radius 3 is 2.62 bits per heavy atom. The third-order valence-corrected chi connectivity index (χ3v) is 4.76. The van der Waals surface area contributed by atoms with Crippen LogP contribution in [0.4, 0.5) is 10.6 Å². The molecule has 1 unspecified atom stereocenters. The van der Waals surface area contributed by atoms with Gasteiger partial charge in [0.05, 0.1) is 0 Å². The predicted octanol–water partition coefficient (Wildman–Crippen LogP) is 4.19. The summed E-state index contributed by atoms with van der Waals surface area (Å²) >= 11 is 0. The Balaban J connectivity index is 1.91. The van der Waals surface area contributed by atoms with Crippen molar-refractivity contribution < 1.29 is 9.53 Å². The monoisotopic (exact) mass is 331 g/mol. The quantitative estimate of drug-likeness (QED) is 0.902. The van der Waals surface area contributed by atoms with E-state index in [9.17, 15) is 4.79 Å². The van der Waals surface area contributed by atoms with E-state index in [2.05, 4.69) is 16.4 Å². The van der Waals surface area contributed by atoms with Crippen molar-refractivity contribution in [1.82, 2.24) is 10.3 Å². The lowest BCUT2D eigenvalue weighted by atomic mass is 9.90. The number of ether oxygens (including phenoxy) is 1. The van der Waals surface area contributed by atoms with Crippen LogP contribution in [0.2, 0.25) is 0 Å². The molecule has 1 aliphatic heterocycles. The topological polar surface area (TPSA) is 54.5 Å². The van der Waals surface area contributed by atoms with Crippen molar-refractivity contribution in [2.24, 2.45) is 0 Å². The molecule has 2 aliphatic rings. The van der Waals surface area contributed by atoms with E-state index in [4.69, 9.17) is 4.74 Å². The SMILES string of the molecule is CC(C)(C)OC(=O)N(c1ncccc1C1CCCCN1)C1CCC1. The average molecular weight is 331 g/mol. The minimum atomic E-state index is -0.503. The minimum Gasteiger partial charge on any atom is -0.443 e. The van der Waals surface area contributed by atoms with E-state index < -0.39 is 5.60 Å². The van der Waals surface area contributed by atoms with Crippen molar-refractivity contribution in [2.75, 3.05) is 11.4 Å². The number of rotatable bonds is 3. The maximum atomic E-state index is 12.9. The van der Waals surface area contributed by atoms with Crippen LogP contribution in [0, 0.1) is 0 Å². The number of aromatic nitrogens is 1. The van der Waals surface area contributed by atoms with Crippen molar-refractivity contribution in [3.05, 3.63) is 23.9 Å². The molecule has 1 aromatic heterocycles. The van der Waals surface area contributed by atoms with Gasteiger partial charge in [-0.1, -0.05) is 12.5 Å². The molecule has 24 heavy (non-hydrogen) atoms. The maximum absolute atomic E-state index is 12.9. The van der Waals surface area contributed by atoms with Crippen molar-refractivity contribution in [2.45, 2.75) is 77.0 Å². The normalized spacial score (nSPS) is 21.9. The molecule has 132 valence electrons. The maximum Gasteiger partial charge on any atom is 0.416 e. The molecule has 1 amide bonds. The van der Waals surface area contributed by atoms with Gasteiger partial charge in [-0.3, -0.25) is 4.90 Å². The highest BCUT2D eigenvalue weighted by atomic mass is 16.6. The standard InChI is InChI=1S/C19H29N3O2/c1-19(2,3)24-18(23)22(14-8-6-9-14)17-15(10-7-13-21-17)16-11-4-5-12-20-16/h7,10,13-14,16,20H,4-6,8-9,11-12H2,1-3H3. The molecule has 2 heterocycles. The third kappa shape index (κ3) is 3.89. The summed E-state index contributed by atoms with van der Waals surface area (Å²) in [4.78, 5) is 19.3. The van der Waals surface area contributed by atoms with Gasteiger partial charge in [0.25, 0.3) is 0 Å². The van der Waals surface area contributed by atoms with Gasteiger partial charge < -0.3 is 10.1 Å². The molecule has 1 aromatic rings. The van der Waals surface area contributed by atoms with Crippen molar-refractivity contribution in [1.29, 1.82) is 0 Å². The summed E-state index contributed by atoms with van der Waals surface area (Å²) in [5, 5.41) is 3.57. The minimum absolute atomic E-state index is 0.206. The highest BCUT2D eigenvalue weighted by Crippen LogP contribution is 2.35. The molecule has 5 heteroatoms. The summed E-state index contributed by atoms with van der Waals surface area (Å²) in [6, 6.07) is 4.54. The number of piperidine rings is 1. The van der Waals surface area contributed by atoms with Gasteiger partial charge in [-0.15, -0.1) is 0 Å². The van der Waals surface area contributed by atoms with Crippen LogP contribution in [0.5, 0.6) is 0 Å². The zero-order valence-corrected chi connectivity index (χ0v) is 15.0. The van der Waals surface area contributed by atoms with Crippen LogP contribution < -0.4 is 10.2 Å². The largest absolute Gasteiger partial charge is 0.443 e. The molecule has 0 spiro atoms. The van der Waals surface area contributed by atoms with Crippen LogP contribution in [-0.4, -0.2) is 29.3 Å². The Hall–Kier alpha value is -1.62. The number of hydrogen-bond acceptors (Lipinski definition) is 4. The van der Waals surface area contributed by atoms with Crippen LogP contribution >= 0.6 is 0 Å². The first-order valence-corrected chi connectivity index (χ1v) is 9.16. The van der Waals surface area contributed by atoms with E-state index in [1.165, 1.54) is 12.8 Å². The molecule has 3 rings (SSSR count). The first kappa shape index (κ1) is 17.2. The van der Waals surface area contributed by atoms with E-state index >= 15 is 0 Å². The number of amides is 1. The predicted molar refractivity (Wildman–Crippen MR) is 95.2 cm³/mol. The fourth-order valence-electron chi connectivity index (χ4n) is 3.36. The van der Waals surface area contributed by atoms with Crippen molar-refractivity contribution >= 4 is 11.9 Å². The zero-order valence-electron chi connectivity index (χ0n) is 15.0. The Bertz CT molecular complexity index is 572. The van der Waals surface area contributed by atoms with Crippen LogP contribution in [0.15, 0.2) is 18.3 Å². The van der Waals surface area contributed by atoms with E-state index in [1.807, 2.05) is 26.8 Å². The second-order valence-electron chi connectivity index (χ2n) is 7.85. The van der Waals surface area contributed by atoms with Crippen LogP contribution in [0.25, 0.3) is 0 Å². The number of hydrogen-bond donors (Lipinski definition) is 1. The van der Waals surface area contributed by atoms with Gasteiger partial charge in [0.15, 0.2) is 0 Å². The summed E-state index contributed by atoms with van der Waals surface area (Å²) in [7, 11) is 0. The van der Waals surface area contributed by atoms with Gasteiger partial charge in [0.2, 0.25) is 0 Å². The first-order chi connectivity index (χ1) is 11.5. The molecule has 0 bridgehead atoms. The number of nitrogens with one attached hydrogen (secondary N) is 1. The fraction of sp³-hybridized carbons (Fsp3) is 0.684. The first-order valence-electron chi connectivity index (χ1n) is 9.16. The lowest BCUT2D eigenvalue weighted by Gasteiger charge is -2.39. The highest BCUT2D eigenvalue weighted by molar-refractivity contribution is 5.88. The number of carbonyl (C=O) groups is 1. The molecule has 0 radical (unpaired) electrons. The smallest absolute Gasteiger partial charge is 0.416 e. The molecule has 1 N–H and O–H groups in total. The van der Waals surface area contributed by atoms with Crippen molar-refractivity contribution in [3.8, 4) is 0 Å². The highest BCUT2D eigenvalue weighted by Gasteiger charge is 2.36. The Labute approximate surface area is 144 Å². The molecule has 5 nitrogen and oxygen atoms in total. The van der Waals surface area contributed by atoms with Crippen molar-refractivity contribution in [3.63, 3.8) is 0 Å². The fourth-order valence-corrected chi connectivity index (χ4v) is 3.36. The lowest BCUT2D eigenvalue weighted by molar-refractivity contribution is 0.0547. The van der Waals surface area contributed by atoms with Crippen LogP contribution in [-0.2, 0) is 4.74 Å². The molecule has 1 aliphatic carbocycles. The summed E-state index contributed by atoms with van der Waals surface area (Å²) < 4.78 is 5.68. The summed E-state index contributed by atoms with van der Waals surface area (Å²) in [5.74, 6) is 0.774. The van der Waals surface area contributed by atoms with Crippen LogP contribution in [0.3, 0.4) is 0 Å². The second-order valence-corrected chi connectivity index (χ2v) is 7.85. The number of carbonyl (C=O) groups excluding carboxylic acids is 1. The Morgan fingerprint density at radius 1 is 1.25 bits per heavy atom. The van der Waals surface area contributed by atoms with Gasteiger partial charge in [-0.25, -0.2) is 9.78 Å². The second kappa shape index (κ2) is 7.09. The summed E-state index contributed by atoms with van der Waals surface area (Å²) in [5.41, 5.74) is 0.617. The Kier molecular flexibility index (Phi) is 5.09. The molecule has 1 saturated heterocycles. The van der Waals surface area contributed by atoms with Gasteiger partial charge >= 0.3 is 6.09 Å². The number of nitrogens with zero attached hydrogens (tertiary/aromatic N) is 2. The molecule has 1 saturated carbocycles. The van der Waals surface area contributed by atoms with Gasteiger partial charge in [0, 0.05) is 23.8 Å². The van der Waals surface area contributed by atoms with E-state index in [0.717, 1.165) is 43.6 Å². The van der Waals surface area contributed by atoms with E-state index in [1.54, 1.807) is 11.1 Å². The van der Waals surface area contributed by atoms with Gasteiger partial charge in [-0.2, -0.15) is 0 Å². The van der Waals surface area contributed by atoms with E-state index in [0.29, 0.717) is 0 Å². The van der Waals surface area contributed by atoms with Gasteiger partial charge in [0.1, 0.15) is 11.4 Å². The third-order valence-electron chi connectivity index (χ3n) is 4.76. The van der Waals surface area contributed by atoms with E-state index in [-0.39, 0.29) is 18.2 Å². The molecular weight excluding hydrogens is 302 g/mol. The lowest BCUT2D eigenvalue weighted by Crippen LogP contribution is -2.48. The molecule has 0 aromatic carbocycles. The summed E-state index contributed by atoms with van der Waals surface area (Å²) in [6.07, 6.45) is 8.22.